The van der Waals surface area contributed by atoms with Gasteiger partial charge in [-0.05, 0) is 25.7 Å². The highest BCUT2D eigenvalue weighted by molar-refractivity contribution is 4.75. The smallest absolute Gasteiger partial charge is 0.00392 e. The van der Waals surface area contributed by atoms with Gasteiger partial charge in [0.1, 0.15) is 0 Å². The van der Waals surface area contributed by atoms with E-state index in [0.29, 0.717) is 11.8 Å². The predicted molar refractivity (Wildman–Crippen MR) is 45.6 cm³/mol. The van der Waals surface area contributed by atoms with Crippen LogP contribution in [-0.2, 0) is 0 Å². The molecule has 0 aliphatic carbocycles. The van der Waals surface area contributed by atoms with Gasteiger partial charge in [-0.2, -0.15) is 0 Å². The molecule has 10 heavy (non-hydrogen) atoms. The topological polar surface area (TPSA) is 52.0 Å². The van der Waals surface area contributed by atoms with Crippen molar-refractivity contribution < 1.29 is 0 Å². The molecule has 2 heteroatoms. The number of hydrogen-bond donors (Lipinski definition) is 2. The normalized spacial score (nSPS) is 23.4. The van der Waals surface area contributed by atoms with Crippen LogP contribution in [-0.4, -0.2) is 12.1 Å². The van der Waals surface area contributed by atoms with Gasteiger partial charge in [0.15, 0.2) is 0 Å². The summed E-state index contributed by atoms with van der Waals surface area (Å²) in [5, 5.41) is 0. The largest absolute Gasteiger partial charge is 0.328 e. The third-order valence-electron chi connectivity index (χ3n) is 2.49. The lowest BCUT2D eigenvalue weighted by atomic mass is 9.86. The van der Waals surface area contributed by atoms with E-state index in [2.05, 4.69) is 13.8 Å². The van der Waals surface area contributed by atoms with Crippen LogP contribution in [0, 0.1) is 11.8 Å². The molecule has 0 aromatic rings. The summed E-state index contributed by atoms with van der Waals surface area (Å²) < 4.78 is 0. The zero-order chi connectivity index (χ0) is 8.31. The van der Waals surface area contributed by atoms with Crippen LogP contribution in [0.3, 0.4) is 0 Å². The third-order valence-corrected chi connectivity index (χ3v) is 2.49. The highest BCUT2D eigenvalue weighted by atomic mass is 14.7. The van der Waals surface area contributed by atoms with Crippen LogP contribution in [0.5, 0.6) is 0 Å². The summed E-state index contributed by atoms with van der Waals surface area (Å²) in [5.41, 5.74) is 11.4. The van der Waals surface area contributed by atoms with Crippen LogP contribution in [0.2, 0.25) is 0 Å². The Morgan fingerprint density at radius 3 is 1.00 bits per heavy atom. The molecule has 1 unspecified atom stereocenters. The second-order valence-corrected chi connectivity index (χ2v) is 3.44. The molecule has 0 spiro atoms. The average molecular weight is 144 g/mol. The van der Waals surface area contributed by atoms with E-state index < -0.39 is 0 Å². The number of rotatable bonds is 3. The van der Waals surface area contributed by atoms with E-state index in [1.54, 1.807) is 0 Å². The lowest BCUT2D eigenvalue weighted by molar-refractivity contribution is 0.300. The first-order chi connectivity index (χ1) is 4.46. The first-order valence-corrected chi connectivity index (χ1v) is 3.98. The van der Waals surface area contributed by atoms with E-state index >= 15 is 0 Å². The molecule has 0 saturated carbocycles. The monoisotopic (exact) mass is 144 g/mol. The standard InChI is InChI=1S/C8H20N2/c1-5(7(3)9)6(2)8(4)10/h5-8H,9-10H2,1-4H3/t5-,6-,7-,8?/m0/s1. The van der Waals surface area contributed by atoms with Crippen LogP contribution in [0.4, 0.5) is 0 Å². The van der Waals surface area contributed by atoms with Gasteiger partial charge in [0, 0.05) is 12.1 Å². The molecule has 0 aliphatic heterocycles. The summed E-state index contributed by atoms with van der Waals surface area (Å²) in [6.07, 6.45) is 0. The highest BCUT2D eigenvalue weighted by Crippen LogP contribution is 2.15. The number of nitrogens with two attached hydrogens (primary N) is 2. The molecule has 0 saturated heterocycles. The van der Waals surface area contributed by atoms with Crippen LogP contribution < -0.4 is 11.5 Å². The minimum Gasteiger partial charge on any atom is -0.328 e. The van der Waals surface area contributed by atoms with Crippen molar-refractivity contribution in [1.29, 1.82) is 0 Å². The molecule has 0 radical (unpaired) electrons. The van der Waals surface area contributed by atoms with E-state index in [1.807, 2.05) is 13.8 Å². The van der Waals surface area contributed by atoms with Crippen molar-refractivity contribution >= 4 is 0 Å². The Kier molecular flexibility index (Phi) is 3.91. The number of hydrogen-bond acceptors (Lipinski definition) is 2. The molecule has 0 aliphatic rings. The SMILES string of the molecule is CC(N)[C@@H](C)[C@H](C)[C@H](C)N. The zero-order valence-corrected chi connectivity index (χ0v) is 7.46. The highest BCUT2D eigenvalue weighted by Gasteiger charge is 2.18. The Labute approximate surface area is 64.0 Å². The fourth-order valence-electron chi connectivity index (χ4n) is 0.958. The molecule has 2 nitrogen and oxygen atoms in total. The molecule has 0 heterocycles. The average Bonchev–Trinajstić information content (AvgIpc) is 1.84. The minimum atomic E-state index is 0.251. The predicted octanol–water partition coefficient (Wildman–Crippen LogP) is 0.953. The van der Waals surface area contributed by atoms with Gasteiger partial charge in [0.05, 0.1) is 0 Å². The van der Waals surface area contributed by atoms with Crippen LogP contribution in [0.15, 0.2) is 0 Å². The third kappa shape index (κ3) is 2.67. The lowest BCUT2D eigenvalue weighted by Crippen LogP contribution is -2.37. The second kappa shape index (κ2) is 3.94. The van der Waals surface area contributed by atoms with Crippen LogP contribution in [0.1, 0.15) is 27.7 Å². The van der Waals surface area contributed by atoms with Gasteiger partial charge in [0.2, 0.25) is 0 Å². The molecule has 0 bridgehead atoms. The minimum absolute atomic E-state index is 0.251. The van der Waals surface area contributed by atoms with E-state index in [0.717, 1.165) is 0 Å². The van der Waals surface area contributed by atoms with Crippen molar-refractivity contribution in [3.8, 4) is 0 Å². The zero-order valence-electron chi connectivity index (χ0n) is 7.46. The van der Waals surface area contributed by atoms with Crippen LogP contribution in [0.25, 0.3) is 0 Å². The van der Waals surface area contributed by atoms with Gasteiger partial charge in [0.25, 0.3) is 0 Å². The maximum Gasteiger partial charge on any atom is 0.00392 e. The Hall–Kier alpha value is -0.0800. The van der Waals surface area contributed by atoms with Crippen molar-refractivity contribution in [3.05, 3.63) is 0 Å². The molecule has 0 amide bonds. The molecule has 0 rings (SSSR count). The Bertz CT molecular complexity index is 77.3. The molecule has 0 fully saturated rings. The summed E-state index contributed by atoms with van der Waals surface area (Å²) in [5.74, 6) is 1.03. The molecule has 0 aromatic heterocycles. The molecule has 62 valence electrons. The second-order valence-electron chi connectivity index (χ2n) is 3.44. The van der Waals surface area contributed by atoms with E-state index in [4.69, 9.17) is 11.5 Å². The van der Waals surface area contributed by atoms with Crippen molar-refractivity contribution in [2.24, 2.45) is 23.3 Å². The fourth-order valence-corrected chi connectivity index (χ4v) is 0.958. The van der Waals surface area contributed by atoms with Crippen molar-refractivity contribution in [1.82, 2.24) is 0 Å². The Morgan fingerprint density at radius 2 is 0.900 bits per heavy atom. The maximum absolute atomic E-state index is 5.72. The summed E-state index contributed by atoms with van der Waals surface area (Å²) in [6.45, 7) is 8.37. The Balaban J connectivity index is 3.81. The van der Waals surface area contributed by atoms with Crippen molar-refractivity contribution in [3.63, 3.8) is 0 Å². The fraction of sp³-hybridized carbons (Fsp3) is 1.00. The van der Waals surface area contributed by atoms with Gasteiger partial charge in [-0.3, -0.25) is 0 Å². The molecule has 4 atom stereocenters. The quantitative estimate of drug-likeness (QED) is 0.619. The van der Waals surface area contributed by atoms with E-state index in [-0.39, 0.29) is 12.1 Å². The van der Waals surface area contributed by atoms with Gasteiger partial charge in [-0.25, -0.2) is 0 Å². The summed E-state index contributed by atoms with van der Waals surface area (Å²) in [6, 6.07) is 0.502. The maximum atomic E-state index is 5.72. The van der Waals surface area contributed by atoms with Gasteiger partial charge >= 0.3 is 0 Å². The van der Waals surface area contributed by atoms with Crippen LogP contribution >= 0.6 is 0 Å². The molecule has 4 N–H and O–H groups in total. The molecular formula is C8H20N2. The van der Waals surface area contributed by atoms with E-state index in [1.165, 1.54) is 0 Å². The summed E-state index contributed by atoms with van der Waals surface area (Å²) in [7, 11) is 0. The first kappa shape index (κ1) is 9.92. The summed E-state index contributed by atoms with van der Waals surface area (Å²) >= 11 is 0. The van der Waals surface area contributed by atoms with Crippen molar-refractivity contribution in [2.45, 2.75) is 39.8 Å². The van der Waals surface area contributed by atoms with Gasteiger partial charge < -0.3 is 11.5 Å². The molecule has 0 aromatic carbocycles. The Morgan fingerprint density at radius 1 is 0.700 bits per heavy atom. The first-order valence-electron chi connectivity index (χ1n) is 3.98. The van der Waals surface area contributed by atoms with Gasteiger partial charge in [-0.15, -0.1) is 0 Å². The van der Waals surface area contributed by atoms with Crippen molar-refractivity contribution in [2.75, 3.05) is 0 Å². The van der Waals surface area contributed by atoms with Gasteiger partial charge in [-0.1, -0.05) is 13.8 Å². The molecular weight excluding hydrogens is 124 g/mol. The summed E-state index contributed by atoms with van der Waals surface area (Å²) in [4.78, 5) is 0. The lowest BCUT2D eigenvalue weighted by Gasteiger charge is -2.26. The van der Waals surface area contributed by atoms with E-state index in [9.17, 15) is 0 Å².